The fraction of sp³-hybridized carbons (Fsp3) is 0.444. The lowest BCUT2D eigenvalue weighted by Crippen LogP contribution is -2.53. The molecule has 0 aromatic carbocycles. The predicted molar refractivity (Wildman–Crippen MR) is 95.1 cm³/mol. The maximum Gasteiger partial charge on any atom is 0.336 e. The highest BCUT2D eigenvalue weighted by Gasteiger charge is 2.44. The van der Waals surface area contributed by atoms with Crippen molar-refractivity contribution in [2.75, 3.05) is 0 Å². The monoisotopic (exact) mass is 361 g/mol. The average Bonchev–Trinajstić information content (AvgIpc) is 2.61. The lowest BCUT2D eigenvalue weighted by atomic mass is 9.78. The number of hydrogen-bond donors (Lipinski definition) is 1. The minimum Gasteiger partial charge on any atom is -0.273 e. The molecule has 0 spiro atoms. The number of pyridine rings is 2. The van der Waals surface area contributed by atoms with Crippen molar-refractivity contribution in [2.45, 2.75) is 50.6 Å². The topological polar surface area (TPSA) is 83.4 Å². The first-order chi connectivity index (χ1) is 12.0. The van der Waals surface area contributed by atoms with E-state index in [1.165, 1.54) is 4.31 Å². The normalized spacial score (nSPS) is 17.5. The molecule has 1 saturated carbocycles. The van der Waals surface area contributed by atoms with E-state index in [-0.39, 0.29) is 6.54 Å². The smallest absolute Gasteiger partial charge is 0.273 e. The highest BCUT2D eigenvalue weighted by atomic mass is 32.2. The number of nitrogens with zero attached hydrogens (tertiary/aromatic N) is 3. The van der Waals surface area contributed by atoms with Gasteiger partial charge in [0.1, 0.15) is 0 Å². The molecule has 7 heteroatoms. The third-order valence-corrected chi connectivity index (χ3v) is 5.93. The third-order valence-electron chi connectivity index (χ3n) is 4.86. The quantitative estimate of drug-likeness (QED) is 0.800. The van der Waals surface area contributed by atoms with Gasteiger partial charge in [0, 0.05) is 30.0 Å². The highest BCUT2D eigenvalue weighted by molar-refractivity contribution is 7.83. The molecule has 0 unspecified atom stereocenters. The molecule has 2 aromatic rings. The number of rotatable bonds is 6. The summed E-state index contributed by atoms with van der Waals surface area (Å²) in [5.41, 5.74) is 0.780. The van der Waals surface area contributed by atoms with Gasteiger partial charge in [-0.15, -0.1) is 0 Å². The molecule has 0 aliphatic heterocycles. The Balaban J connectivity index is 1.98. The minimum atomic E-state index is -4.38. The van der Waals surface area contributed by atoms with Crippen molar-refractivity contribution >= 4 is 10.3 Å². The van der Waals surface area contributed by atoms with Gasteiger partial charge in [-0.25, -0.2) is 0 Å². The van der Waals surface area contributed by atoms with Crippen LogP contribution >= 0.6 is 0 Å². The van der Waals surface area contributed by atoms with Gasteiger partial charge in [0.15, 0.2) is 0 Å². The van der Waals surface area contributed by atoms with Gasteiger partial charge in [-0.3, -0.25) is 14.5 Å². The van der Waals surface area contributed by atoms with Gasteiger partial charge in [0.25, 0.3) is 0 Å². The zero-order valence-corrected chi connectivity index (χ0v) is 14.9. The van der Waals surface area contributed by atoms with E-state index >= 15 is 0 Å². The SMILES string of the molecule is O=S(=O)(O)N(Cc1ccccn1)C1(Cc2ccccn2)CCCCC1. The van der Waals surface area contributed by atoms with E-state index in [2.05, 4.69) is 9.97 Å². The summed E-state index contributed by atoms with van der Waals surface area (Å²) in [6, 6.07) is 11.0. The molecule has 0 bridgehead atoms. The van der Waals surface area contributed by atoms with Crippen molar-refractivity contribution in [1.82, 2.24) is 14.3 Å². The molecule has 3 rings (SSSR count). The van der Waals surface area contributed by atoms with E-state index in [1.807, 2.05) is 24.3 Å². The Bertz CT molecular complexity index is 776. The molecule has 2 heterocycles. The second-order valence-electron chi connectivity index (χ2n) is 6.59. The molecule has 134 valence electrons. The molecule has 1 N–H and O–H groups in total. The van der Waals surface area contributed by atoms with Gasteiger partial charge < -0.3 is 0 Å². The summed E-state index contributed by atoms with van der Waals surface area (Å²) in [4.78, 5) is 8.60. The molecule has 0 radical (unpaired) electrons. The minimum absolute atomic E-state index is 0.0620. The van der Waals surface area contributed by atoms with Gasteiger partial charge >= 0.3 is 10.3 Å². The predicted octanol–water partition coefficient (Wildman–Crippen LogP) is 3.03. The Hall–Kier alpha value is -1.83. The van der Waals surface area contributed by atoms with Gasteiger partial charge in [-0.1, -0.05) is 31.4 Å². The van der Waals surface area contributed by atoms with Gasteiger partial charge in [-0.2, -0.15) is 12.7 Å². The molecule has 0 saturated heterocycles. The van der Waals surface area contributed by atoms with E-state index in [0.717, 1.165) is 25.0 Å². The standard InChI is InChI=1S/C18H23N3O3S/c22-25(23,24)21(15-17-9-3-7-13-20-17)18(10-4-1-5-11-18)14-16-8-2-6-12-19-16/h2-3,6-9,12-13H,1,4-5,10-11,14-15H2,(H,22,23,24). The Morgan fingerprint density at radius 1 is 0.960 bits per heavy atom. The lowest BCUT2D eigenvalue weighted by molar-refractivity contribution is 0.109. The first kappa shape index (κ1) is 18.0. The van der Waals surface area contributed by atoms with Crippen molar-refractivity contribution < 1.29 is 13.0 Å². The van der Waals surface area contributed by atoms with Crippen molar-refractivity contribution in [1.29, 1.82) is 0 Å². The summed E-state index contributed by atoms with van der Waals surface area (Å²) < 4.78 is 35.7. The van der Waals surface area contributed by atoms with Crippen LogP contribution in [0.4, 0.5) is 0 Å². The second kappa shape index (κ2) is 7.59. The molecule has 2 aromatic heterocycles. The van der Waals surface area contributed by atoms with Crippen LogP contribution in [0.25, 0.3) is 0 Å². The van der Waals surface area contributed by atoms with Crippen LogP contribution in [0.1, 0.15) is 43.5 Å². The summed E-state index contributed by atoms with van der Waals surface area (Å²) in [6.07, 6.45) is 8.17. The summed E-state index contributed by atoms with van der Waals surface area (Å²) in [5.74, 6) is 0. The van der Waals surface area contributed by atoms with Crippen LogP contribution in [0.2, 0.25) is 0 Å². The molecular weight excluding hydrogens is 338 g/mol. The van der Waals surface area contributed by atoms with Crippen LogP contribution in [0.3, 0.4) is 0 Å². The summed E-state index contributed by atoms with van der Waals surface area (Å²) in [7, 11) is -4.38. The Labute approximate surface area is 148 Å². The van der Waals surface area contributed by atoms with Crippen molar-refractivity contribution in [2.24, 2.45) is 0 Å². The van der Waals surface area contributed by atoms with Crippen LogP contribution in [-0.4, -0.2) is 32.8 Å². The first-order valence-electron chi connectivity index (χ1n) is 8.55. The average molecular weight is 361 g/mol. The fourth-order valence-electron chi connectivity index (χ4n) is 3.70. The zero-order chi connectivity index (χ0) is 17.8. The molecule has 1 aliphatic rings. The molecule has 1 aliphatic carbocycles. The van der Waals surface area contributed by atoms with Crippen molar-refractivity contribution in [3.05, 3.63) is 60.2 Å². The number of hydrogen-bond acceptors (Lipinski definition) is 4. The summed E-state index contributed by atoms with van der Waals surface area (Å²) in [6.45, 7) is 0.0620. The van der Waals surface area contributed by atoms with Crippen LogP contribution in [0, 0.1) is 0 Å². The first-order valence-corrected chi connectivity index (χ1v) is 9.94. The third kappa shape index (κ3) is 4.42. The van der Waals surface area contributed by atoms with Crippen LogP contribution in [0.15, 0.2) is 48.8 Å². The summed E-state index contributed by atoms with van der Waals surface area (Å²) in [5, 5.41) is 0. The van der Waals surface area contributed by atoms with Crippen LogP contribution in [0.5, 0.6) is 0 Å². The van der Waals surface area contributed by atoms with E-state index in [9.17, 15) is 13.0 Å². The molecule has 25 heavy (non-hydrogen) atoms. The molecular formula is C18H23N3O3S. The van der Waals surface area contributed by atoms with E-state index in [0.29, 0.717) is 25.0 Å². The highest BCUT2D eigenvalue weighted by Crippen LogP contribution is 2.38. The van der Waals surface area contributed by atoms with E-state index in [4.69, 9.17) is 0 Å². The van der Waals surface area contributed by atoms with Crippen LogP contribution in [-0.2, 0) is 23.3 Å². The maximum absolute atomic E-state index is 12.3. The number of aromatic nitrogens is 2. The Morgan fingerprint density at radius 2 is 1.56 bits per heavy atom. The van der Waals surface area contributed by atoms with Gasteiger partial charge in [-0.05, 0) is 37.1 Å². The zero-order valence-electron chi connectivity index (χ0n) is 14.1. The van der Waals surface area contributed by atoms with E-state index in [1.54, 1.807) is 24.5 Å². The van der Waals surface area contributed by atoms with Crippen molar-refractivity contribution in [3.63, 3.8) is 0 Å². The largest absolute Gasteiger partial charge is 0.336 e. The maximum atomic E-state index is 12.3. The summed E-state index contributed by atoms with van der Waals surface area (Å²) >= 11 is 0. The van der Waals surface area contributed by atoms with Crippen molar-refractivity contribution in [3.8, 4) is 0 Å². The van der Waals surface area contributed by atoms with E-state index < -0.39 is 15.8 Å². The Morgan fingerprint density at radius 3 is 2.08 bits per heavy atom. The second-order valence-corrected chi connectivity index (χ2v) is 7.92. The molecule has 0 atom stereocenters. The molecule has 6 nitrogen and oxygen atoms in total. The fourth-order valence-corrected chi connectivity index (χ4v) is 4.73. The van der Waals surface area contributed by atoms with Crippen LogP contribution < -0.4 is 0 Å². The molecule has 1 fully saturated rings. The molecule has 0 amide bonds. The Kier molecular flexibility index (Phi) is 5.46. The van der Waals surface area contributed by atoms with Gasteiger partial charge in [0.05, 0.1) is 12.2 Å². The lowest BCUT2D eigenvalue weighted by Gasteiger charge is -2.44. The van der Waals surface area contributed by atoms with Gasteiger partial charge in [0.2, 0.25) is 0 Å².